The summed E-state index contributed by atoms with van der Waals surface area (Å²) < 4.78 is 48.1. The minimum absolute atomic E-state index is 0.124. The summed E-state index contributed by atoms with van der Waals surface area (Å²) in [6.45, 7) is 1.67. The summed E-state index contributed by atoms with van der Waals surface area (Å²) in [4.78, 5) is 0. The molecule has 0 radical (unpaired) electrons. The lowest BCUT2D eigenvalue weighted by Crippen LogP contribution is -2.25. The van der Waals surface area contributed by atoms with Crippen molar-refractivity contribution in [1.29, 1.82) is 0 Å². The molecule has 8 nitrogen and oxygen atoms in total. The Morgan fingerprint density at radius 2 is 1.90 bits per heavy atom. The van der Waals surface area contributed by atoms with Gasteiger partial charge in [0.1, 0.15) is 9.84 Å². The van der Waals surface area contributed by atoms with Gasteiger partial charge in [-0.2, -0.15) is 0 Å². The van der Waals surface area contributed by atoms with Crippen molar-refractivity contribution in [2.45, 2.75) is 6.92 Å². The number of hydrogen-bond acceptors (Lipinski definition) is 6. The first-order chi connectivity index (χ1) is 9.56. The highest BCUT2D eigenvalue weighted by molar-refractivity contribution is 7.95. The summed E-state index contributed by atoms with van der Waals surface area (Å²) in [6.07, 6.45) is 0.955. The topological polar surface area (TPSA) is 139 Å². The highest BCUT2D eigenvalue weighted by atomic mass is 32.2. The zero-order chi connectivity index (χ0) is 16.3. The summed E-state index contributed by atoms with van der Waals surface area (Å²) in [5.41, 5.74) is 6.50. The Morgan fingerprint density at radius 1 is 1.29 bits per heavy atom. The number of sulfone groups is 1. The molecule has 1 aromatic carbocycles. The number of nitrogens with zero attached hydrogens (tertiary/aromatic N) is 1. The van der Waals surface area contributed by atoms with Crippen LogP contribution >= 0.6 is 0 Å². The van der Waals surface area contributed by atoms with Crippen LogP contribution in [-0.4, -0.2) is 45.6 Å². The van der Waals surface area contributed by atoms with E-state index in [2.05, 4.69) is 9.88 Å². The highest BCUT2D eigenvalue weighted by Gasteiger charge is 2.18. The van der Waals surface area contributed by atoms with Crippen molar-refractivity contribution in [3.8, 4) is 0 Å². The van der Waals surface area contributed by atoms with Crippen LogP contribution in [0.4, 0.5) is 5.69 Å². The van der Waals surface area contributed by atoms with Gasteiger partial charge in [0, 0.05) is 11.8 Å². The maximum Gasteiger partial charge on any atom is 0.233 e. The largest absolute Gasteiger partial charge is 0.409 e. The number of oxime groups is 1. The number of amidine groups is 1. The van der Waals surface area contributed by atoms with Crippen LogP contribution in [0.25, 0.3) is 0 Å². The lowest BCUT2D eigenvalue weighted by Gasteiger charge is -2.13. The minimum Gasteiger partial charge on any atom is -0.409 e. The summed E-state index contributed by atoms with van der Waals surface area (Å²) in [7, 11) is -7.27. The van der Waals surface area contributed by atoms with E-state index in [1.165, 1.54) is 6.07 Å². The summed E-state index contributed by atoms with van der Waals surface area (Å²) in [6, 6.07) is 4.71. The molecule has 0 aliphatic heterocycles. The number of sulfonamides is 1. The van der Waals surface area contributed by atoms with Crippen LogP contribution < -0.4 is 10.5 Å². The Bertz CT molecular complexity index is 754. The zero-order valence-electron chi connectivity index (χ0n) is 11.6. The van der Waals surface area contributed by atoms with Crippen molar-refractivity contribution in [1.82, 2.24) is 0 Å². The van der Waals surface area contributed by atoms with Crippen LogP contribution in [-0.2, 0) is 19.9 Å². The Kier molecular flexibility index (Phi) is 5.18. The van der Waals surface area contributed by atoms with E-state index in [-0.39, 0.29) is 17.1 Å². The Hall–Kier alpha value is -1.81. The predicted octanol–water partition coefficient (Wildman–Crippen LogP) is -0.124. The van der Waals surface area contributed by atoms with E-state index < -0.39 is 31.4 Å². The van der Waals surface area contributed by atoms with Crippen molar-refractivity contribution in [2.24, 2.45) is 10.9 Å². The van der Waals surface area contributed by atoms with Crippen LogP contribution in [0, 0.1) is 6.92 Å². The molecule has 0 saturated heterocycles. The summed E-state index contributed by atoms with van der Waals surface area (Å²) in [5.74, 6) is -1.31. The third kappa shape index (κ3) is 5.23. The quantitative estimate of drug-likeness (QED) is 0.286. The predicted molar refractivity (Wildman–Crippen MR) is 80.8 cm³/mol. The molecule has 1 aromatic rings. The Morgan fingerprint density at radius 3 is 2.43 bits per heavy atom. The smallest absolute Gasteiger partial charge is 0.233 e. The van der Waals surface area contributed by atoms with Crippen molar-refractivity contribution in [3.05, 3.63) is 29.3 Å². The first-order valence-corrected chi connectivity index (χ1v) is 9.53. The fourth-order valence-corrected chi connectivity index (χ4v) is 4.32. The molecular weight excluding hydrogens is 318 g/mol. The van der Waals surface area contributed by atoms with Crippen LogP contribution in [0.15, 0.2) is 23.4 Å². The molecule has 21 heavy (non-hydrogen) atoms. The van der Waals surface area contributed by atoms with Crippen LogP contribution in [0.5, 0.6) is 0 Å². The van der Waals surface area contributed by atoms with Gasteiger partial charge in [-0.05, 0) is 18.6 Å². The number of hydrogen-bond donors (Lipinski definition) is 3. The third-order valence-electron chi connectivity index (χ3n) is 2.62. The average molecular weight is 335 g/mol. The van der Waals surface area contributed by atoms with Crippen LogP contribution in [0.1, 0.15) is 11.1 Å². The van der Waals surface area contributed by atoms with Crippen LogP contribution in [0.3, 0.4) is 0 Å². The molecule has 0 spiro atoms. The molecule has 0 aliphatic rings. The van der Waals surface area contributed by atoms with E-state index in [1.54, 1.807) is 19.1 Å². The highest BCUT2D eigenvalue weighted by Crippen LogP contribution is 2.20. The SMILES string of the molecule is Cc1cccc(NS(=O)(=O)CCS(C)(=O)=O)c1/C(N)=N/O. The maximum atomic E-state index is 11.9. The van der Waals surface area contributed by atoms with Gasteiger partial charge in [-0.3, -0.25) is 4.72 Å². The molecule has 0 saturated carbocycles. The summed E-state index contributed by atoms with van der Waals surface area (Å²) in [5, 5.41) is 11.6. The molecule has 0 atom stereocenters. The van der Waals surface area contributed by atoms with E-state index in [0.29, 0.717) is 5.56 Å². The Labute approximate surface area is 123 Å². The second-order valence-corrected chi connectivity index (χ2v) is 8.64. The lowest BCUT2D eigenvalue weighted by molar-refractivity contribution is 0.318. The van der Waals surface area contributed by atoms with Crippen molar-refractivity contribution < 1.29 is 22.0 Å². The van der Waals surface area contributed by atoms with Gasteiger partial charge < -0.3 is 10.9 Å². The molecule has 118 valence electrons. The molecule has 1 rings (SSSR count). The van der Waals surface area contributed by atoms with Crippen molar-refractivity contribution in [3.63, 3.8) is 0 Å². The van der Waals surface area contributed by atoms with E-state index >= 15 is 0 Å². The number of rotatable bonds is 6. The second kappa shape index (κ2) is 6.31. The molecule has 0 amide bonds. The molecule has 0 aliphatic carbocycles. The van der Waals surface area contributed by atoms with Gasteiger partial charge in [-0.15, -0.1) is 0 Å². The number of anilines is 1. The van der Waals surface area contributed by atoms with Gasteiger partial charge >= 0.3 is 0 Å². The Balaban J connectivity index is 3.11. The number of nitrogens with two attached hydrogens (primary N) is 1. The minimum atomic E-state index is -3.87. The number of benzene rings is 1. The van der Waals surface area contributed by atoms with Crippen molar-refractivity contribution in [2.75, 3.05) is 22.5 Å². The van der Waals surface area contributed by atoms with E-state index in [0.717, 1.165) is 6.26 Å². The van der Waals surface area contributed by atoms with Crippen LogP contribution in [0.2, 0.25) is 0 Å². The standard InChI is InChI=1S/C11H17N3O5S2/c1-8-4-3-5-9(10(8)11(12)13-15)14-21(18,19)7-6-20(2,16)17/h3-5,14-15H,6-7H2,1-2H3,(H2,12,13). The molecule has 0 aromatic heterocycles. The maximum absolute atomic E-state index is 11.9. The van der Waals surface area contributed by atoms with Gasteiger partial charge in [0.25, 0.3) is 0 Å². The second-order valence-electron chi connectivity index (χ2n) is 4.53. The third-order valence-corrected chi connectivity index (χ3v) is 5.10. The molecular formula is C11H17N3O5S2. The molecule has 0 fully saturated rings. The number of aryl methyl sites for hydroxylation is 1. The van der Waals surface area contributed by atoms with E-state index in [4.69, 9.17) is 10.9 Å². The molecule has 0 bridgehead atoms. The normalized spacial score (nSPS) is 13.1. The van der Waals surface area contributed by atoms with Gasteiger partial charge in [0.2, 0.25) is 10.0 Å². The van der Waals surface area contributed by atoms with E-state index in [1.807, 2.05) is 0 Å². The monoisotopic (exact) mass is 335 g/mol. The fraction of sp³-hybridized carbons (Fsp3) is 0.364. The van der Waals surface area contributed by atoms with Gasteiger partial charge in [-0.25, -0.2) is 16.8 Å². The van der Waals surface area contributed by atoms with E-state index in [9.17, 15) is 16.8 Å². The van der Waals surface area contributed by atoms with Gasteiger partial charge in [-0.1, -0.05) is 17.3 Å². The molecule has 4 N–H and O–H groups in total. The van der Waals surface area contributed by atoms with Gasteiger partial charge in [0.05, 0.1) is 17.2 Å². The first-order valence-electron chi connectivity index (χ1n) is 5.81. The lowest BCUT2D eigenvalue weighted by atomic mass is 10.1. The van der Waals surface area contributed by atoms with Gasteiger partial charge in [0.15, 0.2) is 5.84 Å². The average Bonchev–Trinajstić information content (AvgIpc) is 2.35. The molecule has 10 heteroatoms. The molecule has 0 unspecified atom stereocenters. The number of nitrogens with one attached hydrogen (secondary N) is 1. The first kappa shape index (κ1) is 17.2. The molecule has 0 heterocycles. The van der Waals surface area contributed by atoms with Crippen molar-refractivity contribution >= 4 is 31.4 Å². The fourth-order valence-electron chi connectivity index (χ4n) is 1.62. The zero-order valence-corrected chi connectivity index (χ0v) is 13.2. The summed E-state index contributed by atoms with van der Waals surface area (Å²) >= 11 is 0.